The van der Waals surface area contributed by atoms with Crippen LogP contribution in [0.25, 0.3) is 0 Å². The van der Waals surface area contributed by atoms with Crippen molar-refractivity contribution in [2.24, 2.45) is 5.73 Å². The Hall–Kier alpha value is -1.04. The lowest BCUT2D eigenvalue weighted by molar-refractivity contribution is -0.118. The van der Waals surface area contributed by atoms with E-state index in [2.05, 4.69) is 13.8 Å². The molecule has 5 nitrogen and oxygen atoms in total. The molecule has 5 heteroatoms. The lowest BCUT2D eigenvalue weighted by Gasteiger charge is -2.35. The van der Waals surface area contributed by atoms with Gasteiger partial charge in [-0.05, 0) is 45.7 Å². The minimum atomic E-state index is -0.380. The molecule has 2 rings (SSSR count). The average Bonchev–Trinajstić information content (AvgIpc) is 2.47. The maximum atomic E-state index is 6.06. The average molecular weight is 293 g/mol. The topological polar surface area (TPSA) is 70.3 Å². The first-order valence-electron chi connectivity index (χ1n) is 7.89. The number of hydrogen-bond acceptors (Lipinski definition) is 5. The Labute approximate surface area is 127 Å². The Morgan fingerprint density at radius 3 is 2.33 bits per heavy atom. The van der Waals surface area contributed by atoms with E-state index in [1.54, 1.807) is 0 Å². The fraction of sp³-hybridized carbons (Fsp3) is 0.750. The summed E-state index contributed by atoms with van der Waals surface area (Å²) in [6, 6.07) is 0. The lowest BCUT2D eigenvalue weighted by atomic mass is 9.92. The van der Waals surface area contributed by atoms with Gasteiger partial charge in [0, 0.05) is 44.1 Å². The Morgan fingerprint density at radius 1 is 1.19 bits per heavy atom. The van der Waals surface area contributed by atoms with Crippen LogP contribution >= 0.6 is 0 Å². The van der Waals surface area contributed by atoms with Gasteiger partial charge in [0.25, 0.3) is 0 Å². The van der Waals surface area contributed by atoms with Crippen LogP contribution in [0.5, 0.6) is 0 Å². The van der Waals surface area contributed by atoms with Gasteiger partial charge in [0.2, 0.25) is 0 Å². The minimum absolute atomic E-state index is 0.380. The molecule has 0 atom stereocenters. The molecule has 1 fully saturated rings. The first-order valence-corrected chi connectivity index (χ1v) is 7.89. The number of ether oxygens (including phenoxy) is 2. The molecule has 0 radical (unpaired) electrons. The van der Waals surface area contributed by atoms with Gasteiger partial charge in [-0.25, -0.2) is 9.97 Å². The molecule has 21 heavy (non-hydrogen) atoms. The summed E-state index contributed by atoms with van der Waals surface area (Å²) in [6.07, 6.45) is 3.55. The van der Waals surface area contributed by atoms with Gasteiger partial charge in [0.1, 0.15) is 5.60 Å². The number of nitrogens with zero attached hydrogens (tertiary/aromatic N) is 2. The summed E-state index contributed by atoms with van der Waals surface area (Å²) in [5, 5.41) is 0. The molecule has 0 aromatic carbocycles. The summed E-state index contributed by atoms with van der Waals surface area (Å²) >= 11 is 0. The van der Waals surface area contributed by atoms with E-state index < -0.39 is 0 Å². The second-order valence-corrected chi connectivity index (χ2v) is 5.63. The fourth-order valence-electron chi connectivity index (χ4n) is 2.99. The monoisotopic (exact) mass is 293 g/mol. The molecule has 1 aliphatic rings. The van der Waals surface area contributed by atoms with Crippen LogP contribution in [0.15, 0.2) is 0 Å². The fourth-order valence-corrected chi connectivity index (χ4v) is 2.99. The number of aromatic nitrogens is 2. The second-order valence-electron chi connectivity index (χ2n) is 5.63. The van der Waals surface area contributed by atoms with Crippen molar-refractivity contribution in [1.29, 1.82) is 0 Å². The SMILES string of the molecule is CCOC1(c2nc(C)c(CCCN)c(C)n2)CCOCC1. The predicted molar refractivity (Wildman–Crippen MR) is 82.2 cm³/mol. The normalized spacial score (nSPS) is 17.9. The van der Waals surface area contributed by atoms with Crippen LogP contribution in [0.2, 0.25) is 0 Å². The van der Waals surface area contributed by atoms with Crippen LogP contribution in [-0.2, 0) is 21.5 Å². The van der Waals surface area contributed by atoms with Crippen molar-refractivity contribution >= 4 is 0 Å². The van der Waals surface area contributed by atoms with Crippen LogP contribution in [0, 0.1) is 13.8 Å². The molecule has 0 saturated carbocycles. The van der Waals surface area contributed by atoms with E-state index in [1.165, 1.54) is 5.56 Å². The van der Waals surface area contributed by atoms with Crippen molar-refractivity contribution in [3.05, 3.63) is 22.8 Å². The molecule has 2 heterocycles. The molecular weight excluding hydrogens is 266 g/mol. The summed E-state index contributed by atoms with van der Waals surface area (Å²) < 4.78 is 11.5. The van der Waals surface area contributed by atoms with Crippen molar-refractivity contribution in [3.8, 4) is 0 Å². The zero-order valence-corrected chi connectivity index (χ0v) is 13.4. The molecule has 0 unspecified atom stereocenters. The first kappa shape index (κ1) is 16.3. The highest BCUT2D eigenvalue weighted by Gasteiger charge is 2.38. The molecule has 0 amide bonds. The quantitative estimate of drug-likeness (QED) is 0.869. The molecular formula is C16H27N3O2. The van der Waals surface area contributed by atoms with E-state index in [-0.39, 0.29) is 5.60 Å². The molecule has 1 aromatic rings. The highest BCUT2D eigenvalue weighted by molar-refractivity contribution is 5.26. The second kappa shape index (κ2) is 7.29. The number of hydrogen-bond donors (Lipinski definition) is 1. The molecule has 1 aromatic heterocycles. The first-order chi connectivity index (χ1) is 10.1. The van der Waals surface area contributed by atoms with Crippen LogP contribution in [0.3, 0.4) is 0 Å². The van der Waals surface area contributed by atoms with Gasteiger partial charge in [-0.1, -0.05) is 0 Å². The van der Waals surface area contributed by atoms with Crippen molar-refractivity contribution in [3.63, 3.8) is 0 Å². The van der Waals surface area contributed by atoms with Crippen molar-refractivity contribution in [2.45, 2.75) is 52.1 Å². The van der Waals surface area contributed by atoms with Gasteiger partial charge < -0.3 is 15.2 Å². The summed E-state index contributed by atoms with van der Waals surface area (Å²) in [6.45, 7) is 8.91. The molecule has 0 spiro atoms. The maximum Gasteiger partial charge on any atom is 0.160 e. The Morgan fingerprint density at radius 2 is 1.81 bits per heavy atom. The molecule has 2 N–H and O–H groups in total. The van der Waals surface area contributed by atoms with E-state index in [0.717, 1.165) is 42.9 Å². The Kier molecular flexibility index (Phi) is 5.67. The molecule has 0 aliphatic carbocycles. The third-order valence-corrected chi connectivity index (χ3v) is 4.18. The standard InChI is InChI=1S/C16H27N3O2/c1-4-21-16(7-10-20-11-8-16)15-18-12(2)14(6-5-9-17)13(3)19-15/h4-11,17H2,1-3H3. The van der Waals surface area contributed by atoms with Crippen molar-refractivity contribution in [1.82, 2.24) is 9.97 Å². The summed E-state index contributed by atoms with van der Waals surface area (Å²) in [5.74, 6) is 0.819. The van der Waals surface area contributed by atoms with Crippen LogP contribution < -0.4 is 5.73 Å². The lowest BCUT2D eigenvalue weighted by Crippen LogP contribution is -2.38. The van der Waals surface area contributed by atoms with Gasteiger partial charge in [0.15, 0.2) is 5.82 Å². The van der Waals surface area contributed by atoms with E-state index in [9.17, 15) is 0 Å². The zero-order chi connectivity index (χ0) is 15.3. The largest absolute Gasteiger partial charge is 0.381 e. The van der Waals surface area contributed by atoms with Crippen molar-refractivity contribution < 1.29 is 9.47 Å². The maximum absolute atomic E-state index is 6.06. The van der Waals surface area contributed by atoms with Gasteiger partial charge in [0.05, 0.1) is 0 Å². The Balaban J connectivity index is 2.33. The minimum Gasteiger partial charge on any atom is -0.381 e. The van der Waals surface area contributed by atoms with Gasteiger partial charge >= 0.3 is 0 Å². The highest BCUT2D eigenvalue weighted by Crippen LogP contribution is 2.34. The summed E-state index contributed by atoms with van der Waals surface area (Å²) in [7, 11) is 0. The molecule has 1 aliphatic heterocycles. The van der Waals surface area contributed by atoms with Gasteiger partial charge in [-0.2, -0.15) is 0 Å². The molecule has 1 saturated heterocycles. The van der Waals surface area contributed by atoms with E-state index >= 15 is 0 Å². The summed E-state index contributed by atoms with van der Waals surface area (Å²) in [5.41, 5.74) is 8.56. The number of rotatable bonds is 6. The summed E-state index contributed by atoms with van der Waals surface area (Å²) in [4.78, 5) is 9.54. The third-order valence-electron chi connectivity index (χ3n) is 4.18. The van der Waals surface area contributed by atoms with Gasteiger partial charge in [-0.15, -0.1) is 0 Å². The van der Waals surface area contributed by atoms with Gasteiger partial charge in [-0.3, -0.25) is 0 Å². The van der Waals surface area contributed by atoms with E-state index in [4.69, 9.17) is 25.2 Å². The smallest absolute Gasteiger partial charge is 0.160 e. The van der Waals surface area contributed by atoms with Crippen LogP contribution in [0.4, 0.5) is 0 Å². The molecule has 0 bridgehead atoms. The Bertz CT molecular complexity index is 442. The third kappa shape index (κ3) is 3.59. The number of aryl methyl sites for hydroxylation is 2. The highest BCUT2D eigenvalue weighted by atomic mass is 16.5. The van der Waals surface area contributed by atoms with Crippen LogP contribution in [-0.4, -0.2) is 36.3 Å². The zero-order valence-electron chi connectivity index (χ0n) is 13.4. The number of nitrogens with two attached hydrogens (primary N) is 1. The predicted octanol–water partition coefficient (Wildman–Crippen LogP) is 2.03. The van der Waals surface area contributed by atoms with E-state index in [0.29, 0.717) is 26.4 Å². The van der Waals surface area contributed by atoms with Crippen LogP contribution in [0.1, 0.15) is 49.0 Å². The van der Waals surface area contributed by atoms with Crippen molar-refractivity contribution in [2.75, 3.05) is 26.4 Å². The van der Waals surface area contributed by atoms with E-state index in [1.807, 2.05) is 6.92 Å². The molecule has 118 valence electrons.